The lowest BCUT2D eigenvalue weighted by molar-refractivity contribution is 0.102. The topological polar surface area (TPSA) is 74.6 Å². The molecule has 6 nitrogen and oxygen atoms in total. The fourth-order valence-corrected chi connectivity index (χ4v) is 4.64. The molecule has 6 heteroatoms. The van der Waals surface area contributed by atoms with Gasteiger partial charge < -0.3 is 19.9 Å². The number of ketones is 1. The van der Waals surface area contributed by atoms with E-state index >= 15 is 0 Å². The summed E-state index contributed by atoms with van der Waals surface area (Å²) in [6.45, 7) is 2.01. The zero-order valence-corrected chi connectivity index (χ0v) is 20.0. The zero-order chi connectivity index (χ0) is 24.9. The van der Waals surface area contributed by atoms with Crippen molar-refractivity contribution in [3.05, 3.63) is 114 Å². The molecule has 0 bridgehead atoms. The first kappa shape index (κ1) is 23.6. The maximum absolute atomic E-state index is 12.9. The number of aliphatic hydroxyl groups is 1. The van der Waals surface area contributed by atoms with Crippen LogP contribution in [-0.2, 0) is 0 Å². The lowest BCUT2D eigenvalue weighted by atomic mass is 9.98. The zero-order valence-electron chi connectivity index (χ0n) is 20.0. The van der Waals surface area contributed by atoms with Gasteiger partial charge in [-0.25, -0.2) is 0 Å². The maximum Gasteiger partial charge on any atom is 0.255 e. The summed E-state index contributed by atoms with van der Waals surface area (Å²) in [7, 11) is 0. The van der Waals surface area contributed by atoms with Crippen LogP contribution in [0.3, 0.4) is 0 Å². The van der Waals surface area contributed by atoms with E-state index in [0.717, 1.165) is 37.3 Å². The Labute approximate surface area is 210 Å². The van der Waals surface area contributed by atoms with Crippen LogP contribution in [-0.4, -0.2) is 41.1 Å². The number of hydrogen-bond acceptors (Lipinski definition) is 4. The van der Waals surface area contributed by atoms with Crippen molar-refractivity contribution in [3.63, 3.8) is 0 Å². The molecule has 1 amide bonds. The predicted molar refractivity (Wildman–Crippen MR) is 142 cm³/mol. The van der Waals surface area contributed by atoms with Crippen LogP contribution in [0.5, 0.6) is 0 Å². The summed E-state index contributed by atoms with van der Waals surface area (Å²) in [4.78, 5) is 27.9. The average Bonchev–Trinajstić information content (AvgIpc) is 3.48. The van der Waals surface area contributed by atoms with E-state index in [2.05, 4.69) is 10.2 Å². The van der Waals surface area contributed by atoms with Crippen molar-refractivity contribution in [2.45, 2.75) is 12.8 Å². The number of hydrogen-bond donors (Lipinski definition) is 2. The summed E-state index contributed by atoms with van der Waals surface area (Å²) in [5.74, 6) is 0.0394. The first-order valence-corrected chi connectivity index (χ1v) is 12.3. The van der Waals surface area contributed by atoms with E-state index in [-0.39, 0.29) is 18.3 Å². The van der Waals surface area contributed by atoms with Gasteiger partial charge in [-0.05, 0) is 104 Å². The van der Waals surface area contributed by atoms with E-state index in [9.17, 15) is 14.7 Å². The van der Waals surface area contributed by atoms with Crippen molar-refractivity contribution >= 4 is 23.1 Å². The summed E-state index contributed by atoms with van der Waals surface area (Å²) < 4.78 is 1.99. The van der Waals surface area contributed by atoms with E-state index in [4.69, 9.17) is 0 Å². The minimum absolute atomic E-state index is 0.0660. The van der Waals surface area contributed by atoms with Crippen LogP contribution in [0.15, 0.2) is 97.3 Å². The third-order valence-electron chi connectivity index (χ3n) is 6.71. The van der Waals surface area contributed by atoms with E-state index < -0.39 is 0 Å². The Morgan fingerprint density at radius 1 is 0.806 bits per heavy atom. The molecule has 2 N–H and O–H groups in total. The van der Waals surface area contributed by atoms with E-state index in [1.54, 1.807) is 24.3 Å². The molecule has 1 fully saturated rings. The Morgan fingerprint density at radius 3 is 2.03 bits per heavy atom. The van der Waals surface area contributed by atoms with Crippen LogP contribution >= 0.6 is 0 Å². The first-order chi connectivity index (χ1) is 17.6. The maximum atomic E-state index is 12.9. The van der Waals surface area contributed by atoms with Gasteiger partial charge in [-0.1, -0.05) is 0 Å². The highest BCUT2D eigenvalue weighted by molar-refractivity contribution is 6.09. The summed E-state index contributed by atoms with van der Waals surface area (Å²) in [5.41, 5.74) is 4.43. The van der Waals surface area contributed by atoms with Gasteiger partial charge in [-0.2, -0.15) is 0 Å². The Hall–Kier alpha value is -4.16. The second kappa shape index (κ2) is 10.6. The fraction of sp³-hybridized carbons (Fsp3) is 0.200. The number of rotatable bonds is 7. The summed E-state index contributed by atoms with van der Waals surface area (Å²) in [6.07, 6.45) is 6.03. The minimum Gasteiger partial charge on any atom is -0.396 e. The number of carbonyl (C=O) groups excluding carboxylic acids is 2. The number of aromatic nitrogens is 1. The number of amides is 1. The molecule has 4 aromatic rings. The Bertz CT molecular complexity index is 1310. The van der Waals surface area contributed by atoms with E-state index in [1.807, 2.05) is 77.6 Å². The van der Waals surface area contributed by atoms with Crippen LogP contribution in [0, 0.1) is 5.92 Å². The largest absolute Gasteiger partial charge is 0.396 e. The normalized spacial score (nSPS) is 15.5. The molecule has 0 spiro atoms. The van der Waals surface area contributed by atoms with Crippen molar-refractivity contribution in [2.24, 2.45) is 5.92 Å². The second-order valence-electron chi connectivity index (χ2n) is 9.18. The molecular formula is C30H29N3O3. The fourth-order valence-electron chi connectivity index (χ4n) is 4.64. The van der Waals surface area contributed by atoms with Gasteiger partial charge in [0, 0.05) is 65.8 Å². The summed E-state index contributed by atoms with van der Waals surface area (Å²) >= 11 is 0. The minimum atomic E-state index is -0.201. The quantitative estimate of drug-likeness (QED) is 0.359. The van der Waals surface area contributed by atoms with Crippen molar-refractivity contribution in [1.82, 2.24) is 4.57 Å². The molecule has 1 aromatic heterocycles. The smallest absolute Gasteiger partial charge is 0.255 e. The highest BCUT2D eigenvalue weighted by atomic mass is 16.3. The van der Waals surface area contributed by atoms with Crippen molar-refractivity contribution in [1.29, 1.82) is 0 Å². The van der Waals surface area contributed by atoms with Crippen molar-refractivity contribution in [3.8, 4) is 5.69 Å². The molecule has 1 saturated heterocycles. The molecule has 1 aliphatic rings. The lowest BCUT2D eigenvalue weighted by Crippen LogP contribution is -2.36. The van der Waals surface area contributed by atoms with Gasteiger partial charge in [0.25, 0.3) is 5.91 Å². The van der Waals surface area contributed by atoms with Crippen LogP contribution in [0.4, 0.5) is 11.4 Å². The van der Waals surface area contributed by atoms with Crippen LogP contribution in [0.1, 0.15) is 39.1 Å². The van der Waals surface area contributed by atoms with Gasteiger partial charge in [-0.15, -0.1) is 0 Å². The lowest BCUT2D eigenvalue weighted by Gasteiger charge is -2.33. The van der Waals surface area contributed by atoms with E-state index in [0.29, 0.717) is 28.3 Å². The average molecular weight is 480 g/mol. The van der Waals surface area contributed by atoms with Gasteiger partial charge in [0.15, 0.2) is 5.78 Å². The van der Waals surface area contributed by atoms with Crippen LogP contribution in [0.2, 0.25) is 0 Å². The van der Waals surface area contributed by atoms with Gasteiger partial charge in [0.2, 0.25) is 0 Å². The number of aliphatic hydroxyl groups excluding tert-OH is 1. The van der Waals surface area contributed by atoms with Gasteiger partial charge >= 0.3 is 0 Å². The molecule has 1 aliphatic heterocycles. The highest BCUT2D eigenvalue weighted by Crippen LogP contribution is 2.24. The van der Waals surface area contributed by atoms with Crippen LogP contribution < -0.4 is 10.2 Å². The number of carbonyl (C=O) groups is 2. The molecular weight excluding hydrogens is 450 g/mol. The van der Waals surface area contributed by atoms with Gasteiger partial charge in [-0.3, -0.25) is 9.59 Å². The molecule has 0 saturated carbocycles. The predicted octanol–water partition coefficient (Wildman–Crippen LogP) is 5.17. The molecule has 0 aliphatic carbocycles. The number of nitrogens with zero attached hydrogens (tertiary/aromatic N) is 2. The van der Waals surface area contributed by atoms with Gasteiger partial charge in [0.05, 0.1) is 0 Å². The summed E-state index contributed by atoms with van der Waals surface area (Å²) in [5, 5.41) is 12.4. The number of piperidine rings is 1. The molecule has 182 valence electrons. The molecule has 5 rings (SSSR count). The second-order valence-corrected chi connectivity index (χ2v) is 9.18. The third-order valence-corrected chi connectivity index (χ3v) is 6.71. The van der Waals surface area contributed by atoms with Gasteiger partial charge in [0.1, 0.15) is 0 Å². The monoisotopic (exact) mass is 479 g/mol. The third kappa shape index (κ3) is 5.24. The van der Waals surface area contributed by atoms with Crippen molar-refractivity contribution in [2.75, 3.05) is 29.9 Å². The Balaban J connectivity index is 1.20. The molecule has 36 heavy (non-hydrogen) atoms. The first-order valence-electron chi connectivity index (χ1n) is 12.3. The Kier molecular flexibility index (Phi) is 6.96. The highest BCUT2D eigenvalue weighted by Gasteiger charge is 2.19. The molecule has 0 radical (unpaired) electrons. The standard InChI is InChI=1S/C30H29N3O3/c34-21-22-4-3-19-33(20-22)28-15-9-25(10-16-28)30(36)31-26-11-5-23(6-12-26)29(35)24-7-13-27(14-8-24)32-17-1-2-18-32/h1-2,5-18,22,34H,3-4,19-21H2,(H,31,36). The Morgan fingerprint density at radius 2 is 1.39 bits per heavy atom. The number of anilines is 2. The molecule has 1 atom stereocenters. The molecule has 1 unspecified atom stereocenters. The molecule has 3 aromatic carbocycles. The van der Waals surface area contributed by atoms with Crippen LogP contribution in [0.25, 0.3) is 5.69 Å². The van der Waals surface area contributed by atoms with Crippen molar-refractivity contribution < 1.29 is 14.7 Å². The molecule has 2 heterocycles. The SMILES string of the molecule is O=C(Nc1ccc(C(=O)c2ccc(-n3cccc3)cc2)cc1)c1ccc(N2CCCC(CO)C2)cc1. The summed E-state index contributed by atoms with van der Waals surface area (Å²) in [6, 6.07) is 25.9. The van der Waals surface area contributed by atoms with E-state index in [1.165, 1.54) is 0 Å². The number of nitrogens with one attached hydrogen (secondary N) is 1. The number of benzene rings is 3.